The fraction of sp³-hybridized carbons (Fsp3) is 0.531. The van der Waals surface area contributed by atoms with Crippen LogP contribution in [0.25, 0.3) is 0 Å². The molecule has 7 rings (SSSR count). The van der Waals surface area contributed by atoms with Crippen molar-refractivity contribution in [1.29, 1.82) is 5.26 Å². The maximum absolute atomic E-state index is 14.1. The Morgan fingerprint density at radius 1 is 0.978 bits per heavy atom. The molecule has 5 fully saturated rings. The van der Waals surface area contributed by atoms with E-state index in [1.165, 1.54) is 17.7 Å². The number of sulfone groups is 1. The zero-order chi connectivity index (χ0) is 31.6. The van der Waals surface area contributed by atoms with E-state index in [0.29, 0.717) is 36.7 Å². The smallest absolute Gasteiger partial charge is 0.410 e. The first kappa shape index (κ1) is 30.6. The molecular weight excluding hydrogens is 637 g/mol. The van der Waals surface area contributed by atoms with Gasteiger partial charge < -0.3 is 19.9 Å². The van der Waals surface area contributed by atoms with Gasteiger partial charge in [0.05, 0.1) is 26.7 Å². The van der Waals surface area contributed by atoms with E-state index in [2.05, 4.69) is 21.2 Å². The monoisotopic (exact) mass is 671 g/mol. The number of halogens is 2. The topological polar surface area (TPSA) is 123 Å². The quantitative estimate of drug-likeness (QED) is 0.436. The van der Waals surface area contributed by atoms with Gasteiger partial charge in [0, 0.05) is 55.9 Å². The number of alkyl carbamates (subject to hydrolysis) is 1. The lowest BCUT2D eigenvalue weighted by molar-refractivity contribution is -0.140. The molecule has 0 unspecified atom stereocenters. The molecule has 0 radical (unpaired) electrons. The summed E-state index contributed by atoms with van der Waals surface area (Å²) in [6.45, 7) is 3.48. The number of nitriles is 1. The molecule has 2 aromatic rings. The molecule has 2 aliphatic heterocycles. The van der Waals surface area contributed by atoms with E-state index in [1.807, 2.05) is 0 Å². The molecule has 45 heavy (non-hydrogen) atoms. The lowest BCUT2D eigenvalue weighted by Crippen LogP contribution is -2.47. The normalized spacial score (nSPS) is 25.4. The van der Waals surface area contributed by atoms with Crippen LogP contribution in [0.3, 0.4) is 0 Å². The van der Waals surface area contributed by atoms with Gasteiger partial charge in [-0.15, -0.1) is 0 Å². The van der Waals surface area contributed by atoms with Crippen LogP contribution in [0.15, 0.2) is 47.4 Å². The van der Waals surface area contributed by atoms with Crippen molar-refractivity contribution in [3.05, 3.63) is 58.1 Å². The van der Waals surface area contributed by atoms with Crippen LogP contribution < -0.4 is 10.2 Å². The van der Waals surface area contributed by atoms with E-state index < -0.39 is 38.4 Å². The number of carbonyl (C=O) groups is 2. The van der Waals surface area contributed by atoms with Gasteiger partial charge in [-0.25, -0.2) is 13.2 Å². The van der Waals surface area contributed by atoms with E-state index >= 15 is 0 Å². The molecule has 10 nitrogen and oxygen atoms in total. The average molecular weight is 673 g/mol. The summed E-state index contributed by atoms with van der Waals surface area (Å²) in [5.74, 6) is -0.298. The van der Waals surface area contributed by atoms with Crippen LogP contribution in [0.5, 0.6) is 0 Å². The fourth-order valence-corrected chi connectivity index (χ4v) is 9.07. The molecule has 0 spiro atoms. The van der Waals surface area contributed by atoms with Gasteiger partial charge >= 0.3 is 6.09 Å². The maximum Gasteiger partial charge on any atom is 0.410 e. The summed E-state index contributed by atoms with van der Waals surface area (Å²) >= 11 is 12.7. The molecule has 2 amide bonds. The molecule has 1 N–H and O–H groups in total. The molecule has 0 aromatic heterocycles. The van der Waals surface area contributed by atoms with Gasteiger partial charge in [-0.3, -0.25) is 9.69 Å². The number of carbonyl (C=O) groups excluding carboxylic acids is 2. The summed E-state index contributed by atoms with van der Waals surface area (Å²) in [5, 5.41) is 11.6. The van der Waals surface area contributed by atoms with Crippen LogP contribution in [-0.4, -0.2) is 86.0 Å². The molecular formula is C32H35Cl2N5O5S. The van der Waals surface area contributed by atoms with Gasteiger partial charge in [0.2, 0.25) is 5.91 Å². The Hall–Kier alpha value is -3.04. The second-order valence-electron chi connectivity index (χ2n) is 13.0. The molecule has 3 saturated carbocycles. The Morgan fingerprint density at radius 2 is 1.67 bits per heavy atom. The number of anilines is 1. The predicted molar refractivity (Wildman–Crippen MR) is 169 cm³/mol. The Morgan fingerprint density at radius 3 is 2.24 bits per heavy atom. The van der Waals surface area contributed by atoms with Gasteiger partial charge in [0.15, 0.2) is 16.1 Å². The number of nitrogens with zero attached hydrogens (tertiary/aromatic N) is 4. The van der Waals surface area contributed by atoms with Crippen LogP contribution in [0.1, 0.15) is 50.5 Å². The van der Waals surface area contributed by atoms with E-state index in [1.54, 1.807) is 42.5 Å². The van der Waals surface area contributed by atoms with Gasteiger partial charge in [0.1, 0.15) is 5.54 Å². The third kappa shape index (κ3) is 5.86. The highest BCUT2D eigenvalue weighted by atomic mass is 35.5. The standard InChI is InChI=1S/C32H35Cl2N5O5S/c33-22-3-1-21(2-4-22)32(11-12-32)29(40)39-19-25(18-28(39)44-30(41)36-31(20-35)9-10-31)45(42,43)27-8-7-24(17-26(27)34)38-15-13-37(14-16-38)23-5-6-23/h1-4,7-8,17,23,25,28H,5-6,9-16,18-19H2,(H,36,41)/t25-,28+/m1/s1. The molecule has 238 valence electrons. The molecule has 3 aliphatic carbocycles. The zero-order valence-corrected chi connectivity index (χ0v) is 27.1. The Balaban J connectivity index is 1.11. The van der Waals surface area contributed by atoms with Crippen molar-refractivity contribution in [1.82, 2.24) is 15.1 Å². The highest BCUT2D eigenvalue weighted by molar-refractivity contribution is 7.92. The number of amides is 2. The minimum atomic E-state index is -4.02. The van der Waals surface area contributed by atoms with E-state index in [-0.39, 0.29) is 28.8 Å². The zero-order valence-electron chi connectivity index (χ0n) is 24.8. The van der Waals surface area contributed by atoms with Crippen LogP contribution in [0, 0.1) is 11.3 Å². The molecule has 2 saturated heterocycles. The molecule has 13 heteroatoms. The molecule has 2 atom stereocenters. The van der Waals surface area contributed by atoms with Gasteiger partial charge in [0.25, 0.3) is 0 Å². The van der Waals surface area contributed by atoms with Crippen molar-refractivity contribution in [2.24, 2.45) is 0 Å². The molecule has 2 heterocycles. The fourth-order valence-electron chi connectivity index (χ4n) is 6.73. The highest BCUT2D eigenvalue weighted by Gasteiger charge is 2.57. The first-order chi connectivity index (χ1) is 21.5. The predicted octanol–water partition coefficient (Wildman–Crippen LogP) is 4.49. The number of nitrogens with one attached hydrogen (secondary N) is 1. The Labute approximate surface area is 273 Å². The summed E-state index contributed by atoms with van der Waals surface area (Å²) in [7, 11) is -4.02. The minimum Gasteiger partial charge on any atom is -0.425 e. The van der Waals surface area contributed by atoms with Crippen molar-refractivity contribution in [2.75, 3.05) is 37.6 Å². The van der Waals surface area contributed by atoms with Crippen LogP contribution in [0.2, 0.25) is 10.0 Å². The second kappa shape index (κ2) is 11.3. The summed E-state index contributed by atoms with van der Waals surface area (Å²) < 4.78 is 33.8. The number of benzene rings is 2. The molecule has 0 bridgehead atoms. The minimum absolute atomic E-state index is 0.00714. The highest BCUT2D eigenvalue weighted by Crippen LogP contribution is 2.51. The van der Waals surface area contributed by atoms with E-state index in [9.17, 15) is 23.3 Å². The number of ether oxygens (including phenoxy) is 1. The van der Waals surface area contributed by atoms with Crippen LogP contribution >= 0.6 is 23.2 Å². The SMILES string of the molecule is N#CC1(NC(=O)O[C@H]2C[C@@H](S(=O)(=O)c3ccc(N4CCN(C5CC5)CC4)cc3Cl)CN2C(=O)C2(c3ccc(Cl)cc3)CC2)CC1. The van der Waals surface area contributed by atoms with Gasteiger partial charge in [-0.05, 0) is 74.4 Å². The number of likely N-dealkylation sites (tertiary alicyclic amines) is 1. The Bertz CT molecular complexity index is 1660. The van der Waals surface area contributed by atoms with Gasteiger partial charge in [-0.1, -0.05) is 35.3 Å². The maximum atomic E-state index is 14.1. The second-order valence-corrected chi connectivity index (χ2v) is 16.0. The third-order valence-corrected chi connectivity index (χ3v) is 12.8. The first-order valence-corrected chi connectivity index (χ1v) is 17.8. The molecule has 2 aromatic carbocycles. The van der Waals surface area contributed by atoms with Gasteiger partial charge in [-0.2, -0.15) is 5.26 Å². The number of rotatable bonds is 8. The lowest BCUT2D eigenvalue weighted by atomic mass is 9.94. The van der Waals surface area contributed by atoms with Crippen molar-refractivity contribution < 1.29 is 22.7 Å². The summed E-state index contributed by atoms with van der Waals surface area (Å²) in [5.41, 5.74) is -0.157. The van der Waals surface area contributed by atoms with E-state index in [4.69, 9.17) is 27.9 Å². The largest absolute Gasteiger partial charge is 0.425 e. The lowest BCUT2D eigenvalue weighted by Gasteiger charge is -2.36. The number of hydrogen-bond donors (Lipinski definition) is 1. The van der Waals surface area contributed by atoms with Crippen molar-refractivity contribution in [3.8, 4) is 6.07 Å². The van der Waals surface area contributed by atoms with Crippen molar-refractivity contribution in [3.63, 3.8) is 0 Å². The average Bonchev–Trinajstić information content (AvgIpc) is 3.92. The summed E-state index contributed by atoms with van der Waals surface area (Å²) in [4.78, 5) is 33.1. The van der Waals surface area contributed by atoms with Crippen molar-refractivity contribution in [2.45, 2.75) is 78.3 Å². The van der Waals surface area contributed by atoms with Crippen LogP contribution in [0.4, 0.5) is 10.5 Å². The Kier molecular flexibility index (Phi) is 7.71. The summed E-state index contributed by atoms with van der Waals surface area (Å²) in [6, 6.07) is 14.9. The first-order valence-electron chi connectivity index (χ1n) is 15.5. The van der Waals surface area contributed by atoms with Crippen molar-refractivity contribution >= 4 is 50.7 Å². The molecule has 5 aliphatic rings. The number of piperazine rings is 1. The third-order valence-electron chi connectivity index (χ3n) is 9.98. The summed E-state index contributed by atoms with van der Waals surface area (Å²) in [6.07, 6.45) is 2.62. The van der Waals surface area contributed by atoms with Crippen LogP contribution in [-0.2, 0) is 24.8 Å². The van der Waals surface area contributed by atoms with E-state index in [0.717, 1.165) is 37.4 Å². The number of hydrogen-bond acceptors (Lipinski definition) is 8.